The number of hydrogen-bond donors (Lipinski definition) is 0. The van der Waals surface area contributed by atoms with Gasteiger partial charge in [-0.25, -0.2) is 9.78 Å². The van der Waals surface area contributed by atoms with Crippen molar-refractivity contribution in [3.63, 3.8) is 0 Å². The Morgan fingerprint density at radius 2 is 2.08 bits per heavy atom. The molecule has 0 radical (unpaired) electrons. The molecule has 2 rings (SSSR count). The van der Waals surface area contributed by atoms with Gasteiger partial charge in [0.2, 0.25) is 0 Å². The number of rotatable bonds is 0. The Bertz CT molecular complexity index is 360. The maximum absolute atomic E-state index is 11.4. The van der Waals surface area contributed by atoms with Gasteiger partial charge in [0, 0.05) is 18.8 Å². The first kappa shape index (κ1) is 8.16. The largest absolute Gasteiger partial charge is 0.454 e. The van der Waals surface area contributed by atoms with Gasteiger partial charge in [0.05, 0.1) is 5.69 Å². The van der Waals surface area contributed by atoms with Crippen molar-refractivity contribution in [3.8, 4) is 0 Å². The maximum Gasteiger partial charge on any atom is 0.359 e. The van der Waals surface area contributed by atoms with Crippen molar-refractivity contribution >= 4 is 5.97 Å². The topological polar surface area (TPSA) is 52.1 Å². The molecule has 0 saturated heterocycles. The Morgan fingerprint density at radius 3 is 2.85 bits per heavy atom. The minimum absolute atomic E-state index is 0.349. The zero-order valence-electron chi connectivity index (χ0n) is 7.57. The molecule has 1 aromatic rings. The number of carbonyl (C=O) groups is 1. The zero-order chi connectivity index (χ0) is 9.47. The molecule has 4 nitrogen and oxygen atoms in total. The van der Waals surface area contributed by atoms with E-state index in [0.29, 0.717) is 12.1 Å². The summed E-state index contributed by atoms with van der Waals surface area (Å²) in [5.74, 6) is -0.376. The standard InChI is InChI=1S/C9H10N2O2/c1-9(2)5-6-7(8(12)13-9)11-4-3-10-6/h3-4H,5H2,1-2H3. The molecule has 0 fully saturated rings. The number of fused-ring (bicyclic) bond motifs is 1. The molecule has 0 amide bonds. The molecule has 0 aliphatic carbocycles. The van der Waals surface area contributed by atoms with E-state index >= 15 is 0 Å². The lowest BCUT2D eigenvalue weighted by atomic mass is 9.98. The molecule has 4 heteroatoms. The van der Waals surface area contributed by atoms with E-state index in [1.54, 1.807) is 6.20 Å². The average molecular weight is 178 g/mol. The van der Waals surface area contributed by atoms with Gasteiger partial charge in [-0.2, -0.15) is 0 Å². The summed E-state index contributed by atoms with van der Waals surface area (Å²) in [5.41, 5.74) is 0.616. The van der Waals surface area contributed by atoms with Crippen LogP contribution in [0.15, 0.2) is 12.4 Å². The molecule has 1 aliphatic heterocycles. The number of esters is 1. The van der Waals surface area contributed by atoms with E-state index < -0.39 is 5.60 Å². The fraction of sp³-hybridized carbons (Fsp3) is 0.444. The number of aromatic nitrogens is 2. The fourth-order valence-electron chi connectivity index (χ4n) is 1.41. The summed E-state index contributed by atoms with van der Waals surface area (Å²) in [5, 5.41) is 0. The summed E-state index contributed by atoms with van der Waals surface area (Å²) in [6, 6.07) is 0. The second-order valence-electron chi connectivity index (χ2n) is 3.68. The van der Waals surface area contributed by atoms with E-state index in [4.69, 9.17) is 4.74 Å². The monoisotopic (exact) mass is 178 g/mol. The lowest BCUT2D eigenvalue weighted by Gasteiger charge is -2.29. The number of cyclic esters (lactones) is 1. The first-order chi connectivity index (χ1) is 6.08. The number of hydrogen-bond acceptors (Lipinski definition) is 4. The Hall–Kier alpha value is -1.45. The molecule has 0 atom stereocenters. The van der Waals surface area contributed by atoms with Crippen molar-refractivity contribution in [3.05, 3.63) is 23.8 Å². The van der Waals surface area contributed by atoms with Crippen LogP contribution in [-0.2, 0) is 11.2 Å². The van der Waals surface area contributed by atoms with Gasteiger partial charge in [0.15, 0.2) is 5.69 Å². The highest BCUT2D eigenvalue weighted by Gasteiger charge is 2.33. The average Bonchev–Trinajstić information content (AvgIpc) is 2.02. The Balaban J connectivity index is 2.49. The van der Waals surface area contributed by atoms with Crippen LogP contribution in [0.5, 0.6) is 0 Å². The van der Waals surface area contributed by atoms with Gasteiger partial charge in [-0.05, 0) is 13.8 Å². The predicted octanol–water partition coefficient (Wildman–Crippen LogP) is 0.968. The molecule has 0 bridgehead atoms. The van der Waals surface area contributed by atoms with E-state index in [2.05, 4.69) is 9.97 Å². The van der Waals surface area contributed by atoms with Crippen molar-refractivity contribution < 1.29 is 9.53 Å². The van der Waals surface area contributed by atoms with E-state index in [0.717, 1.165) is 5.69 Å². The van der Waals surface area contributed by atoms with Crippen LogP contribution in [0, 0.1) is 0 Å². The predicted molar refractivity (Wildman–Crippen MR) is 45.2 cm³/mol. The van der Waals surface area contributed by atoms with Gasteiger partial charge >= 0.3 is 5.97 Å². The van der Waals surface area contributed by atoms with E-state index in [1.165, 1.54) is 6.20 Å². The van der Waals surface area contributed by atoms with Crippen molar-refractivity contribution in [2.45, 2.75) is 25.9 Å². The van der Waals surface area contributed by atoms with E-state index in [9.17, 15) is 4.79 Å². The fourth-order valence-corrected chi connectivity index (χ4v) is 1.41. The highest BCUT2D eigenvalue weighted by atomic mass is 16.6. The third-order valence-electron chi connectivity index (χ3n) is 1.93. The minimum Gasteiger partial charge on any atom is -0.454 e. The van der Waals surface area contributed by atoms with Gasteiger partial charge < -0.3 is 4.74 Å². The molecule has 68 valence electrons. The van der Waals surface area contributed by atoms with Crippen LogP contribution in [0.1, 0.15) is 30.0 Å². The summed E-state index contributed by atoms with van der Waals surface area (Å²) in [6.07, 6.45) is 3.72. The Labute approximate surface area is 76.0 Å². The molecule has 0 N–H and O–H groups in total. The lowest BCUT2D eigenvalue weighted by molar-refractivity contribution is -0.00815. The first-order valence-corrected chi connectivity index (χ1v) is 4.12. The van der Waals surface area contributed by atoms with Crippen molar-refractivity contribution in [2.75, 3.05) is 0 Å². The second kappa shape index (κ2) is 2.52. The van der Waals surface area contributed by atoms with Crippen molar-refractivity contribution in [1.29, 1.82) is 0 Å². The van der Waals surface area contributed by atoms with Crippen molar-refractivity contribution in [1.82, 2.24) is 9.97 Å². The molecule has 0 saturated carbocycles. The maximum atomic E-state index is 11.4. The van der Waals surface area contributed by atoms with Crippen molar-refractivity contribution in [2.24, 2.45) is 0 Å². The molecule has 1 aliphatic rings. The number of ether oxygens (including phenoxy) is 1. The first-order valence-electron chi connectivity index (χ1n) is 4.12. The highest BCUT2D eigenvalue weighted by Crippen LogP contribution is 2.24. The molecule has 0 unspecified atom stereocenters. The quantitative estimate of drug-likeness (QED) is 0.555. The minimum atomic E-state index is -0.458. The SMILES string of the molecule is CC1(C)Cc2nccnc2C(=O)O1. The van der Waals surface area contributed by atoms with Crippen LogP contribution in [0.4, 0.5) is 0 Å². The zero-order valence-corrected chi connectivity index (χ0v) is 7.57. The summed E-state index contributed by atoms with van der Waals surface area (Å²) in [7, 11) is 0. The van der Waals surface area contributed by atoms with Gasteiger partial charge in [0.1, 0.15) is 5.60 Å². The third kappa shape index (κ3) is 1.39. The summed E-state index contributed by atoms with van der Waals surface area (Å²) >= 11 is 0. The Morgan fingerprint density at radius 1 is 1.38 bits per heavy atom. The second-order valence-corrected chi connectivity index (χ2v) is 3.68. The van der Waals surface area contributed by atoms with Crippen LogP contribution in [0.3, 0.4) is 0 Å². The van der Waals surface area contributed by atoms with Gasteiger partial charge in [-0.3, -0.25) is 4.98 Å². The molecule has 2 heterocycles. The smallest absolute Gasteiger partial charge is 0.359 e. The van der Waals surface area contributed by atoms with Gasteiger partial charge in [-0.15, -0.1) is 0 Å². The third-order valence-corrected chi connectivity index (χ3v) is 1.93. The summed E-state index contributed by atoms with van der Waals surface area (Å²) in [4.78, 5) is 19.4. The highest BCUT2D eigenvalue weighted by molar-refractivity contribution is 5.89. The normalized spacial score (nSPS) is 19.1. The van der Waals surface area contributed by atoms with E-state index in [-0.39, 0.29) is 5.97 Å². The summed E-state index contributed by atoms with van der Waals surface area (Å²) in [6.45, 7) is 3.73. The van der Waals surface area contributed by atoms with Crippen LogP contribution in [-0.4, -0.2) is 21.5 Å². The molecule has 0 spiro atoms. The van der Waals surface area contributed by atoms with Crippen LogP contribution < -0.4 is 0 Å². The molecular weight excluding hydrogens is 168 g/mol. The Kier molecular flexibility index (Phi) is 1.58. The number of carbonyl (C=O) groups excluding carboxylic acids is 1. The number of nitrogens with zero attached hydrogens (tertiary/aromatic N) is 2. The van der Waals surface area contributed by atoms with Gasteiger partial charge in [-0.1, -0.05) is 0 Å². The van der Waals surface area contributed by atoms with E-state index in [1.807, 2.05) is 13.8 Å². The molecule has 0 aromatic carbocycles. The van der Waals surface area contributed by atoms with Crippen LogP contribution in [0.2, 0.25) is 0 Å². The van der Waals surface area contributed by atoms with Crippen LogP contribution in [0.25, 0.3) is 0 Å². The summed E-state index contributed by atoms with van der Waals surface area (Å²) < 4.78 is 5.16. The van der Waals surface area contributed by atoms with Gasteiger partial charge in [0.25, 0.3) is 0 Å². The lowest BCUT2D eigenvalue weighted by Crippen LogP contribution is -2.37. The molecule has 1 aromatic heterocycles. The molecular formula is C9H10N2O2. The molecule has 13 heavy (non-hydrogen) atoms. The van der Waals surface area contributed by atoms with Crippen LogP contribution >= 0.6 is 0 Å².